The van der Waals surface area contributed by atoms with Crippen molar-refractivity contribution in [2.75, 3.05) is 20.3 Å². The largest absolute Gasteiger partial charge is 0.469 e. The van der Waals surface area contributed by atoms with Crippen molar-refractivity contribution in [1.29, 1.82) is 0 Å². The van der Waals surface area contributed by atoms with Crippen molar-refractivity contribution in [3.05, 3.63) is 35.4 Å². The number of aliphatic hydroxyl groups is 1. The average Bonchev–Trinajstić information content (AvgIpc) is 2.47. The van der Waals surface area contributed by atoms with Gasteiger partial charge in [0.1, 0.15) is 0 Å². The predicted molar refractivity (Wildman–Crippen MR) is 74.0 cm³/mol. The SMILES string of the molecule is COC(=O)CCNC(=O)c1cccc(C#CCCO)c1. The first-order chi connectivity index (χ1) is 9.67. The molecule has 5 heteroatoms. The van der Waals surface area contributed by atoms with E-state index in [1.165, 1.54) is 7.11 Å². The fraction of sp³-hybridized carbons (Fsp3) is 0.333. The van der Waals surface area contributed by atoms with Crippen LogP contribution in [-0.2, 0) is 9.53 Å². The Morgan fingerprint density at radius 1 is 1.40 bits per heavy atom. The molecule has 0 aliphatic heterocycles. The van der Waals surface area contributed by atoms with Gasteiger partial charge in [-0.05, 0) is 18.2 Å². The molecule has 0 bridgehead atoms. The van der Waals surface area contributed by atoms with Crippen molar-refractivity contribution in [1.82, 2.24) is 5.32 Å². The number of nitrogens with one attached hydrogen (secondary N) is 1. The van der Waals surface area contributed by atoms with E-state index in [1.54, 1.807) is 24.3 Å². The third-order valence-electron chi connectivity index (χ3n) is 2.44. The molecular formula is C15H17NO4. The van der Waals surface area contributed by atoms with Crippen LogP contribution in [0.15, 0.2) is 24.3 Å². The van der Waals surface area contributed by atoms with Crippen LogP contribution in [0, 0.1) is 11.8 Å². The van der Waals surface area contributed by atoms with E-state index in [-0.39, 0.29) is 31.4 Å². The van der Waals surface area contributed by atoms with Crippen LogP contribution in [0.2, 0.25) is 0 Å². The molecule has 0 fully saturated rings. The Labute approximate surface area is 117 Å². The molecule has 0 heterocycles. The fourth-order valence-electron chi connectivity index (χ4n) is 1.44. The lowest BCUT2D eigenvalue weighted by molar-refractivity contribution is -0.140. The van der Waals surface area contributed by atoms with Gasteiger partial charge in [0, 0.05) is 24.1 Å². The molecule has 1 aromatic rings. The maximum absolute atomic E-state index is 11.8. The summed E-state index contributed by atoms with van der Waals surface area (Å²) in [7, 11) is 1.30. The third kappa shape index (κ3) is 5.55. The number of benzene rings is 1. The first kappa shape index (κ1) is 15.7. The van der Waals surface area contributed by atoms with Gasteiger partial charge in [0.05, 0.1) is 20.1 Å². The number of amides is 1. The van der Waals surface area contributed by atoms with Gasteiger partial charge in [-0.2, -0.15) is 0 Å². The summed E-state index contributed by atoms with van der Waals surface area (Å²) in [5.74, 6) is 5.02. The number of methoxy groups -OCH3 is 1. The molecule has 0 saturated heterocycles. The first-order valence-corrected chi connectivity index (χ1v) is 6.22. The van der Waals surface area contributed by atoms with Crippen molar-refractivity contribution in [2.45, 2.75) is 12.8 Å². The van der Waals surface area contributed by atoms with Crippen LogP contribution in [0.1, 0.15) is 28.8 Å². The Hall–Kier alpha value is -2.32. The molecule has 1 aromatic carbocycles. The van der Waals surface area contributed by atoms with Crippen LogP contribution < -0.4 is 5.32 Å². The van der Waals surface area contributed by atoms with E-state index >= 15 is 0 Å². The number of ether oxygens (including phenoxy) is 1. The summed E-state index contributed by atoms with van der Waals surface area (Å²) in [5.41, 5.74) is 1.18. The van der Waals surface area contributed by atoms with E-state index in [2.05, 4.69) is 21.9 Å². The van der Waals surface area contributed by atoms with E-state index in [0.29, 0.717) is 17.5 Å². The zero-order valence-electron chi connectivity index (χ0n) is 11.3. The summed E-state index contributed by atoms with van der Waals surface area (Å²) in [6.45, 7) is 0.243. The maximum Gasteiger partial charge on any atom is 0.307 e. The van der Waals surface area contributed by atoms with Crippen LogP contribution >= 0.6 is 0 Å². The molecule has 1 rings (SSSR count). The third-order valence-corrected chi connectivity index (χ3v) is 2.44. The average molecular weight is 275 g/mol. The van der Waals surface area contributed by atoms with Gasteiger partial charge in [0.2, 0.25) is 0 Å². The molecule has 0 unspecified atom stereocenters. The Morgan fingerprint density at radius 3 is 2.90 bits per heavy atom. The number of carbonyl (C=O) groups is 2. The number of carbonyl (C=O) groups excluding carboxylic acids is 2. The van der Waals surface area contributed by atoms with Gasteiger partial charge in [-0.25, -0.2) is 0 Å². The number of esters is 1. The van der Waals surface area contributed by atoms with Gasteiger partial charge >= 0.3 is 5.97 Å². The molecule has 20 heavy (non-hydrogen) atoms. The second-order valence-electron chi connectivity index (χ2n) is 3.94. The van der Waals surface area contributed by atoms with Gasteiger partial charge in [0.25, 0.3) is 5.91 Å². The van der Waals surface area contributed by atoms with Gasteiger partial charge in [-0.15, -0.1) is 0 Å². The van der Waals surface area contributed by atoms with Crippen LogP contribution in [0.5, 0.6) is 0 Å². The lowest BCUT2D eigenvalue weighted by Gasteiger charge is -2.04. The molecule has 0 aromatic heterocycles. The van der Waals surface area contributed by atoms with Gasteiger partial charge in [-0.3, -0.25) is 9.59 Å². The highest BCUT2D eigenvalue weighted by atomic mass is 16.5. The first-order valence-electron chi connectivity index (χ1n) is 6.22. The predicted octanol–water partition coefficient (Wildman–Crippen LogP) is 0.713. The molecule has 5 nitrogen and oxygen atoms in total. The molecule has 0 radical (unpaired) electrons. The number of aliphatic hydroxyl groups excluding tert-OH is 1. The molecule has 0 saturated carbocycles. The quantitative estimate of drug-likeness (QED) is 0.613. The van der Waals surface area contributed by atoms with Gasteiger partial charge < -0.3 is 15.2 Å². The normalized spacial score (nSPS) is 9.30. The smallest absolute Gasteiger partial charge is 0.307 e. The fourth-order valence-corrected chi connectivity index (χ4v) is 1.44. The zero-order chi connectivity index (χ0) is 14.8. The van der Waals surface area contributed by atoms with Crippen molar-refractivity contribution >= 4 is 11.9 Å². The maximum atomic E-state index is 11.8. The highest BCUT2D eigenvalue weighted by Gasteiger charge is 2.06. The summed E-state index contributed by atoms with van der Waals surface area (Å²) in [4.78, 5) is 22.8. The molecular weight excluding hydrogens is 258 g/mol. The summed E-state index contributed by atoms with van der Waals surface area (Å²) in [5, 5.41) is 11.3. The Kier molecular flexibility index (Phi) is 6.87. The molecule has 0 aliphatic carbocycles. The van der Waals surface area contributed by atoms with E-state index in [0.717, 1.165) is 0 Å². The molecule has 2 N–H and O–H groups in total. The minimum absolute atomic E-state index is 0.0146. The van der Waals surface area contributed by atoms with Crippen molar-refractivity contribution < 1.29 is 19.4 Å². The van der Waals surface area contributed by atoms with Gasteiger partial charge in [0.15, 0.2) is 0 Å². The Bertz CT molecular complexity index is 528. The van der Waals surface area contributed by atoms with Crippen LogP contribution in [0.3, 0.4) is 0 Å². The molecule has 1 amide bonds. The highest BCUT2D eigenvalue weighted by Crippen LogP contribution is 2.04. The Balaban J connectivity index is 2.58. The molecule has 106 valence electrons. The number of rotatable bonds is 5. The summed E-state index contributed by atoms with van der Waals surface area (Å²) >= 11 is 0. The molecule has 0 atom stereocenters. The van der Waals surface area contributed by atoms with Crippen molar-refractivity contribution in [3.63, 3.8) is 0 Å². The minimum atomic E-state index is -0.367. The van der Waals surface area contributed by atoms with Crippen LogP contribution in [0.4, 0.5) is 0 Å². The molecule has 0 spiro atoms. The Morgan fingerprint density at radius 2 is 2.20 bits per heavy atom. The topological polar surface area (TPSA) is 75.6 Å². The number of hydrogen-bond donors (Lipinski definition) is 2. The number of hydrogen-bond acceptors (Lipinski definition) is 4. The second-order valence-corrected chi connectivity index (χ2v) is 3.94. The van der Waals surface area contributed by atoms with E-state index < -0.39 is 0 Å². The standard InChI is InChI=1S/C15H17NO4/c1-20-14(18)8-9-16-15(19)13-7-4-6-12(11-13)5-2-3-10-17/h4,6-7,11,17H,3,8-10H2,1H3,(H,16,19). The van der Waals surface area contributed by atoms with Crippen molar-refractivity contribution in [3.8, 4) is 11.8 Å². The lowest BCUT2D eigenvalue weighted by Crippen LogP contribution is -2.26. The van der Waals surface area contributed by atoms with Gasteiger partial charge in [-0.1, -0.05) is 17.9 Å². The minimum Gasteiger partial charge on any atom is -0.469 e. The van der Waals surface area contributed by atoms with Crippen LogP contribution in [0.25, 0.3) is 0 Å². The summed E-state index contributed by atoms with van der Waals surface area (Å²) in [6, 6.07) is 6.86. The van der Waals surface area contributed by atoms with Crippen LogP contribution in [-0.4, -0.2) is 37.2 Å². The van der Waals surface area contributed by atoms with E-state index in [9.17, 15) is 9.59 Å². The zero-order valence-corrected chi connectivity index (χ0v) is 11.3. The second kappa shape index (κ2) is 8.73. The highest BCUT2D eigenvalue weighted by molar-refractivity contribution is 5.94. The van der Waals surface area contributed by atoms with Crippen molar-refractivity contribution in [2.24, 2.45) is 0 Å². The lowest BCUT2D eigenvalue weighted by atomic mass is 10.1. The summed E-state index contributed by atoms with van der Waals surface area (Å²) < 4.78 is 4.48. The van der Waals surface area contributed by atoms with E-state index in [4.69, 9.17) is 5.11 Å². The molecule has 0 aliphatic rings. The monoisotopic (exact) mass is 275 g/mol. The van der Waals surface area contributed by atoms with E-state index in [1.807, 2.05) is 0 Å². The summed E-state index contributed by atoms with van der Waals surface area (Å²) in [6.07, 6.45) is 0.536.